The minimum absolute atomic E-state index is 0.0274. The van der Waals surface area contributed by atoms with Crippen LogP contribution < -0.4 is 4.74 Å². The molecule has 0 spiro atoms. The van der Waals surface area contributed by atoms with E-state index < -0.39 is 5.97 Å². The first-order chi connectivity index (χ1) is 8.08. The number of halogens is 1. The molecule has 0 N–H and O–H groups in total. The van der Waals surface area contributed by atoms with Crippen molar-refractivity contribution >= 4 is 17.6 Å². The summed E-state index contributed by atoms with van der Waals surface area (Å²) >= 11 is 5.82. The Morgan fingerprint density at radius 3 is 2.59 bits per heavy atom. The molecule has 1 aromatic carbocycles. The number of esters is 1. The first kappa shape index (κ1) is 13.4. The van der Waals surface area contributed by atoms with Gasteiger partial charge in [0.05, 0.1) is 14.2 Å². The monoisotopic (exact) mass is 256 g/mol. The van der Waals surface area contributed by atoms with Crippen LogP contribution in [0, 0.1) is 6.92 Å². The Balaban J connectivity index is 2.94. The standard InChI is InChI=1S/C12H13ClO4/c1-8-6-9(13)4-5-10(8)17-11(7-15-2)12(14)16-3/h4-7H,1-3H3/b11-7-. The molecule has 0 aliphatic heterocycles. The predicted molar refractivity (Wildman–Crippen MR) is 63.9 cm³/mol. The van der Waals surface area contributed by atoms with E-state index in [-0.39, 0.29) is 5.76 Å². The van der Waals surface area contributed by atoms with Gasteiger partial charge in [-0.3, -0.25) is 0 Å². The quantitative estimate of drug-likeness (QED) is 0.472. The highest BCUT2D eigenvalue weighted by Crippen LogP contribution is 2.23. The first-order valence-corrected chi connectivity index (χ1v) is 5.21. The summed E-state index contributed by atoms with van der Waals surface area (Å²) in [5, 5.41) is 0.602. The van der Waals surface area contributed by atoms with Crippen molar-refractivity contribution in [2.75, 3.05) is 14.2 Å². The van der Waals surface area contributed by atoms with Crippen molar-refractivity contribution in [2.45, 2.75) is 6.92 Å². The van der Waals surface area contributed by atoms with Gasteiger partial charge in [0.15, 0.2) is 0 Å². The SMILES string of the molecule is CO/C=C(\Oc1ccc(Cl)cc1C)C(=O)OC. The summed E-state index contributed by atoms with van der Waals surface area (Å²) in [6, 6.07) is 5.08. The zero-order valence-electron chi connectivity index (χ0n) is 9.82. The van der Waals surface area contributed by atoms with Crippen LogP contribution in [-0.4, -0.2) is 20.2 Å². The van der Waals surface area contributed by atoms with Gasteiger partial charge in [0.25, 0.3) is 0 Å². The molecule has 0 atom stereocenters. The third-order valence-corrected chi connectivity index (χ3v) is 2.20. The third kappa shape index (κ3) is 3.67. The number of hydrogen-bond acceptors (Lipinski definition) is 4. The molecule has 0 unspecified atom stereocenters. The fourth-order valence-corrected chi connectivity index (χ4v) is 1.39. The number of hydrogen-bond donors (Lipinski definition) is 0. The number of ether oxygens (including phenoxy) is 3. The number of methoxy groups -OCH3 is 2. The van der Waals surface area contributed by atoms with Crippen LogP contribution in [0.15, 0.2) is 30.2 Å². The van der Waals surface area contributed by atoms with Crippen LogP contribution in [0.25, 0.3) is 0 Å². The molecule has 4 nitrogen and oxygen atoms in total. The van der Waals surface area contributed by atoms with E-state index in [1.54, 1.807) is 18.2 Å². The maximum Gasteiger partial charge on any atom is 0.377 e. The largest absolute Gasteiger partial charge is 0.500 e. The molecule has 0 saturated carbocycles. The van der Waals surface area contributed by atoms with E-state index in [1.807, 2.05) is 6.92 Å². The average Bonchev–Trinajstić information content (AvgIpc) is 2.30. The van der Waals surface area contributed by atoms with Crippen LogP contribution in [0.4, 0.5) is 0 Å². The second-order valence-corrected chi connectivity index (χ2v) is 3.66. The highest BCUT2D eigenvalue weighted by Gasteiger charge is 2.14. The first-order valence-electron chi connectivity index (χ1n) is 4.83. The highest BCUT2D eigenvalue weighted by molar-refractivity contribution is 6.30. The van der Waals surface area contributed by atoms with Gasteiger partial charge in [-0.25, -0.2) is 4.79 Å². The fraction of sp³-hybridized carbons (Fsp3) is 0.250. The lowest BCUT2D eigenvalue weighted by Crippen LogP contribution is -2.11. The second kappa shape index (κ2) is 6.15. The van der Waals surface area contributed by atoms with Crippen molar-refractivity contribution in [3.05, 3.63) is 40.8 Å². The van der Waals surface area contributed by atoms with Crippen molar-refractivity contribution in [3.63, 3.8) is 0 Å². The van der Waals surface area contributed by atoms with Crippen molar-refractivity contribution < 1.29 is 19.0 Å². The summed E-state index contributed by atoms with van der Waals surface area (Å²) in [6.45, 7) is 1.82. The Kier molecular flexibility index (Phi) is 4.84. The van der Waals surface area contributed by atoms with E-state index in [0.29, 0.717) is 10.8 Å². The molecule has 0 saturated heterocycles. The number of carbonyl (C=O) groups excluding carboxylic acids is 1. The molecule has 1 rings (SSSR count). The van der Waals surface area contributed by atoms with Gasteiger partial charge in [-0.05, 0) is 30.7 Å². The molecule has 92 valence electrons. The molecule has 1 aromatic rings. The number of rotatable bonds is 4. The zero-order chi connectivity index (χ0) is 12.8. The van der Waals surface area contributed by atoms with Gasteiger partial charge >= 0.3 is 5.97 Å². The molecule has 0 bridgehead atoms. The summed E-state index contributed by atoms with van der Waals surface area (Å²) < 4.78 is 14.7. The van der Waals surface area contributed by atoms with Crippen LogP contribution in [0.2, 0.25) is 5.02 Å². The average molecular weight is 257 g/mol. The van der Waals surface area contributed by atoms with Gasteiger partial charge in [-0.2, -0.15) is 0 Å². The van der Waals surface area contributed by atoms with Gasteiger partial charge in [0.1, 0.15) is 12.0 Å². The van der Waals surface area contributed by atoms with Crippen molar-refractivity contribution in [1.29, 1.82) is 0 Å². The van der Waals surface area contributed by atoms with Crippen LogP contribution >= 0.6 is 11.6 Å². The highest BCUT2D eigenvalue weighted by atomic mass is 35.5. The second-order valence-electron chi connectivity index (χ2n) is 3.22. The van der Waals surface area contributed by atoms with Gasteiger partial charge < -0.3 is 14.2 Å². The Morgan fingerprint density at radius 2 is 2.06 bits per heavy atom. The summed E-state index contributed by atoms with van der Waals surface area (Å²) in [7, 11) is 2.69. The third-order valence-electron chi connectivity index (χ3n) is 1.97. The van der Waals surface area contributed by atoms with Crippen LogP contribution in [-0.2, 0) is 14.3 Å². The van der Waals surface area contributed by atoms with Crippen LogP contribution in [0.5, 0.6) is 5.75 Å². The topological polar surface area (TPSA) is 44.8 Å². The Labute approximate surface area is 105 Å². The smallest absolute Gasteiger partial charge is 0.377 e. The fourth-order valence-electron chi connectivity index (χ4n) is 1.17. The predicted octanol–water partition coefficient (Wildman–Crippen LogP) is 2.69. The van der Waals surface area contributed by atoms with E-state index in [4.69, 9.17) is 21.1 Å². The summed E-state index contributed by atoms with van der Waals surface area (Å²) in [5.41, 5.74) is 0.809. The Bertz CT molecular complexity index is 440. The van der Waals surface area contributed by atoms with Gasteiger partial charge in [0.2, 0.25) is 5.76 Å². The minimum atomic E-state index is -0.610. The number of benzene rings is 1. The molecule has 0 radical (unpaired) electrons. The van der Waals surface area contributed by atoms with Gasteiger partial charge in [0, 0.05) is 5.02 Å². The van der Waals surface area contributed by atoms with E-state index in [1.165, 1.54) is 20.5 Å². The van der Waals surface area contributed by atoms with Crippen molar-refractivity contribution in [2.24, 2.45) is 0 Å². The van der Waals surface area contributed by atoms with E-state index in [2.05, 4.69) is 4.74 Å². The lowest BCUT2D eigenvalue weighted by molar-refractivity contribution is -0.138. The summed E-state index contributed by atoms with van der Waals surface area (Å²) in [6.07, 6.45) is 1.18. The minimum Gasteiger partial charge on any atom is -0.500 e. The molecule has 0 heterocycles. The molecular formula is C12H13ClO4. The number of aryl methyl sites for hydroxylation is 1. The maximum atomic E-state index is 11.4. The lowest BCUT2D eigenvalue weighted by atomic mass is 10.2. The molecular weight excluding hydrogens is 244 g/mol. The van der Waals surface area contributed by atoms with Crippen LogP contribution in [0.3, 0.4) is 0 Å². The van der Waals surface area contributed by atoms with E-state index in [0.717, 1.165) is 5.56 Å². The summed E-state index contributed by atoms with van der Waals surface area (Å²) in [5.74, 6) is -0.121. The zero-order valence-corrected chi connectivity index (χ0v) is 10.6. The van der Waals surface area contributed by atoms with E-state index in [9.17, 15) is 4.79 Å². The van der Waals surface area contributed by atoms with Crippen LogP contribution in [0.1, 0.15) is 5.56 Å². The number of carbonyl (C=O) groups is 1. The van der Waals surface area contributed by atoms with E-state index >= 15 is 0 Å². The normalized spacial score (nSPS) is 10.9. The van der Waals surface area contributed by atoms with Gasteiger partial charge in [-0.15, -0.1) is 0 Å². The molecule has 17 heavy (non-hydrogen) atoms. The molecule has 5 heteroatoms. The Hall–Kier alpha value is -1.68. The molecule has 0 aromatic heterocycles. The molecule has 0 fully saturated rings. The summed E-state index contributed by atoms with van der Waals surface area (Å²) in [4.78, 5) is 11.4. The Morgan fingerprint density at radius 1 is 1.35 bits per heavy atom. The van der Waals surface area contributed by atoms with Crippen molar-refractivity contribution in [3.8, 4) is 5.75 Å². The lowest BCUT2D eigenvalue weighted by Gasteiger charge is -2.10. The maximum absolute atomic E-state index is 11.4. The molecule has 0 amide bonds. The van der Waals surface area contributed by atoms with Crippen molar-refractivity contribution in [1.82, 2.24) is 0 Å². The molecule has 0 aliphatic carbocycles. The van der Waals surface area contributed by atoms with Gasteiger partial charge in [-0.1, -0.05) is 11.6 Å². The molecule has 0 aliphatic rings.